The van der Waals surface area contributed by atoms with Gasteiger partial charge in [0.05, 0.1) is 16.7 Å². The van der Waals surface area contributed by atoms with E-state index in [0.29, 0.717) is 0 Å². The molecule has 2 nitrogen and oxygen atoms in total. The van der Waals surface area contributed by atoms with Crippen molar-refractivity contribution in [3.8, 4) is 50.2 Å². The van der Waals surface area contributed by atoms with E-state index in [9.17, 15) is 0 Å². The lowest BCUT2D eigenvalue weighted by Crippen LogP contribution is -2.23. The topological polar surface area (TPSA) is 17.8 Å². The normalized spacial score (nSPS) is 13.0. The molecule has 0 fully saturated rings. The summed E-state index contributed by atoms with van der Waals surface area (Å²) in [5.74, 6) is 0. The molecular formula is C66H48N2. The van der Waals surface area contributed by atoms with Gasteiger partial charge in [0.2, 0.25) is 0 Å². The molecule has 0 amide bonds. The summed E-state index contributed by atoms with van der Waals surface area (Å²) in [5, 5.41) is 10.2. The van der Waals surface area contributed by atoms with E-state index in [2.05, 4.69) is 249 Å². The van der Waals surface area contributed by atoms with Crippen molar-refractivity contribution in [3.63, 3.8) is 0 Å². The number of hydrogen-bond donors (Lipinski definition) is 0. The molecule has 10 aromatic carbocycles. The van der Waals surface area contributed by atoms with Gasteiger partial charge in [-0.15, -0.1) is 0 Å². The summed E-state index contributed by atoms with van der Waals surface area (Å²) in [6, 6.07) is 78.3. The fourth-order valence-corrected chi connectivity index (χ4v) is 11.9. The van der Waals surface area contributed by atoms with Crippen molar-refractivity contribution >= 4 is 66.3 Å². The predicted molar refractivity (Wildman–Crippen MR) is 290 cm³/mol. The van der Waals surface area contributed by atoms with Crippen molar-refractivity contribution in [3.05, 3.63) is 241 Å². The van der Waals surface area contributed by atoms with E-state index < -0.39 is 0 Å². The zero-order chi connectivity index (χ0) is 45.3. The van der Waals surface area contributed by atoms with Crippen molar-refractivity contribution in [2.24, 2.45) is 0 Å². The first-order valence-corrected chi connectivity index (χ1v) is 24.1. The minimum Gasteiger partial charge on any atom is -0.309 e. The highest BCUT2D eigenvalue weighted by molar-refractivity contribution is 6.33. The second-order valence-electron chi connectivity index (χ2n) is 18.4. The van der Waals surface area contributed by atoms with Crippen molar-refractivity contribution in [1.82, 2.24) is 9.55 Å². The van der Waals surface area contributed by atoms with E-state index in [1.54, 1.807) is 0 Å². The molecular weight excluding hydrogens is 821 g/mol. The average molecular weight is 869 g/mol. The van der Waals surface area contributed by atoms with Crippen LogP contribution < -0.4 is 0 Å². The number of pyridine rings is 1. The number of para-hydroxylation sites is 2. The summed E-state index contributed by atoms with van der Waals surface area (Å²) in [4.78, 5) is 5.15. The van der Waals surface area contributed by atoms with E-state index in [4.69, 9.17) is 4.98 Å². The van der Waals surface area contributed by atoms with Crippen LogP contribution in [0.15, 0.2) is 219 Å². The number of benzene rings is 10. The summed E-state index contributed by atoms with van der Waals surface area (Å²) >= 11 is 0. The maximum Gasteiger partial charge on any atom is 0.0630 e. The Bertz CT molecular complexity index is 3910. The van der Waals surface area contributed by atoms with E-state index >= 15 is 0 Å². The van der Waals surface area contributed by atoms with Crippen LogP contribution in [0.25, 0.3) is 116 Å². The lowest BCUT2D eigenvalue weighted by molar-refractivity contribution is 0.490. The maximum absolute atomic E-state index is 5.15. The van der Waals surface area contributed by atoms with Gasteiger partial charge in [-0.1, -0.05) is 196 Å². The second-order valence-corrected chi connectivity index (χ2v) is 18.4. The van der Waals surface area contributed by atoms with Crippen molar-refractivity contribution in [1.29, 1.82) is 0 Å². The Hall–Kier alpha value is -8.33. The van der Waals surface area contributed by atoms with E-state index in [1.807, 2.05) is 0 Å². The minimum absolute atomic E-state index is 0.0876. The molecule has 0 saturated carbocycles. The van der Waals surface area contributed by atoms with Gasteiger partial charge in [0.15, 0.2) is 0 Å². The van der Waals surface area contributed by atoms with Crippen LogP contribution in [0.1, 0.15) is 49.1 Å². The molecule has 13 rings (SSSR count). The fraction of sp³-hybridized carbons (Fsp3) is 0.0758. The largest absolute Gasteiger partial charge is 0.309 e. The summed E-state index contributed by atoms with van der Waals surface area (Å²) < 4.78 is 2.45. The molecule has 0 spiro atoms. The molecule has 0 aliphatic heterocycles. The average Bonchev–Trinajstić information content (AvgIpc) is 3.89. The number of nitrogens with zero attached hydrogens (tertiary/aromatic N) is 2. The Morgan fingerprint density at radius 3 is 1.57 bits per heavy atom. The zero-order valence-electron chi connectivity index (χ0n) is 38.2. The summed E-state index contributed by atoms with van der Waals surface area (Å²) in [7, 11) is 0. The molecule has 0 unspecified atom stereocenters. The third-order valence-electron chi connectivity index (χ3n) is 15.1. The molecule has 1 aliphatic rings. The van der Waals surface area contributed by atoms with Crippen LogP contribution >= 0.6 is 0 Å². The highest BCUT2D eigenvalue weighted by Crippen LogP contribution is 2.54. The van der Waals surface area contributed by atoms with Crippen LogP contribution in [0, 0.1) is 0 Å². The molecule has 0 radical (unpaired) electrons. The van der Waals surface area contributed by atoms with Crippen LogP contribution in [-0.2, 0) is 5.41 Å². The molecule has 2 aromatic heterocycles. The van der Waals surface area contributed by atoms with Gasteiger partial charge in [-0.25, -0.2) is 0 Å². The maximum atomic E-state index is 5.15. The van der Waals surface area contributed by atoms with Gasteiger partial charge in [-0.05, 0) is 143 Å². The van der Waals surface area contributed by atoms with Gasteiger partial charge < -0.3 is 4.57 Å². The summed E-state index contributed by atoms with van der Waals surface area (Å²) in [6.07, 6.45) is 8.52. The smallest absolute Gasteiger partial charge is 0.0630 e. The fourth-order valence-electron chi connectivity index (χ4n) is 11.9. The second kappa shape index (κ2) is 15.9. The first kappa shape index (κ1) is 40.0. The van der Waals surface area contributed by atoms with E-state index in [-0.39, 0.29) is 5.41 Å². The van der Waals surface area contributed by atoms with Crippen molar-refractivity contribution in [2.45, 2.75) is 32.1 Å². The van der Waals surface area contributed by atoms with Crippen LogP contribution in [0.3, 0.4) is 0 Å². The molecule has 1 aliphatic carbocycles. The Morgan fingerprint density at radius 2 is 0.956 bits per heavy atom. The van der Waals surface area contributed by atoms with Gasteiger partial charge in [0.25, 0.3) is 0 Å². The molecule has 2 heteroatoms. The zero-order valence-corrected chi connectivity index (χ0v) is 38.2. The van der Waals surface area contributed by atoms with Crippen molar-refractivity contribution < 1.29 is 0 Å². The molecule has 68 heavy (non-hydrogen) atoms. The lowest BCUT2D eigenvalue weighted by atomic mass is 9.73. The number of aromatic nitrogens is 2. The van der Waals surface area contributed by atoms with E-state index in [0.717, 1.165) is 24.1 Å². The SMILES string of the molecule is CCC1(CC)c2cc(/C=C/c3ccc(-c4cc(-c5ccccc5)c5c6ccccc6c6ccccc6c5c4-c4ccccc4)cn3)ccc2-c2ccc(-n3c4ccccc4c4ccccc43)cc21. The van der Waals surface area contributed by atoms with Gasteiger partial charge in [-0.2, -0.15) is 0 Å². The molecule has 322 valence electrons. The summed E-state index contributed by atoms with van der Waals surface area (Å²) in [5.41, 5.74) is 18.3. The highest BCUT2D eigenvalue weighted by Gasteiger charge is 2.41. The molecule has 0 N–H and O–H groups in total. The monoisotopic (exact) mass is 868 g/mol. The predicted octanol–water partition coefficient (Wildman–Crippen LogP) is 17.9. The van der Waals surface area contributed by atoms with Crippen LogP contribution in [0.4, 0.5) is 0 Å². The Morgan fingerprint density at radius 1 is 0.412 bits per heavy atom. The third-order valence-corrected chi connectivity index (χ3v) is 15.1. The van der Waals surface area contributed by atoms with Crippen LogP contribution in [-0.4, -0.2) is 9.55 Å². The Labute approximate surface area is 397 Å². The first-order chi connectivity index (χ1) is 33.6. The minimum atomic E-state index is -0.0876. The third kappa shape index (κ3) is 6.07. The standard InChI is InChI=1S/C66H48N2/c1-3-66(4-2)59-39-43(32-37-51(59)52-38-36-48(40-60(52)66)68-61-29-17-15-25-53(61)54-26-16-18-30-62(54)68)31-34-47-35-33-46(42-67-47)58-41-57(44-19-7-5-8-20-44)64-55-27-13-11-23-49(55)50-24-12-14-28-56(50)65(64)63(58)45-21-9-6-10-22-45/h5-42H,3-4H2,1-2H3/b34-31+. The van der Waals surface area contributed by atoms with Gasteiger partial charge >= 0.3 is 0 Å². The van der Waals surface area contributed by atoms with Crippen molar-refractivity contribution in [2.75, 3.05) is 0 Å². The van der Waals surface area contributed by atoms with E-state index in [1.165, 1.54) is 115 Å². The van der Waals surface area contributed by atoms with Crippen LogP contribution in [0.2, 0.25) is 0 Å². The number of fused-ring (bicyclic) bond motifs is 12. The molecule has 0 atom stereocenters. The number of hydrogen-bond acceptors (Lipinski definition) is 1. The lowest BCUT2D eigenvalue weighted by Gasteiger charge is -2.30. The number of rotatable bonds is 8. The molecule has 0 saturated heterocycles. The summed E-state index contributed by atoms with van der Waals surface area (Å²) in [6.45, 7) is 4.71. The van der Waals surface area contributed by atoms with Gasteiger partial charge in [0, 0.05) is 33.6 Å². The highest BCUT2D eigenvalue weighted by atomic mass is 15.0. The van der Waals surface area contributed by atoms with Crippen LogP contribution in [0.5, 0.6) is 0 Å². The Balaban J connectivity index is 0.904. The quantitative estimate of drug-likeness (QED) is 0.139. The van der Waals surface area contributed by atoms with Gasteiger partial charge in [0.1, 0.15) is 0 Å². The first-order valence-electron chi connectivity index (χ1n) is 24.1. The molecule has 2 heterocycles. The van der Waals surface area contributed by atoms with Gasteiger partial charge in [-0.3, -0.25) is 4.98 Å². The Kier molecular flexibility index (Phi) is 9.37. The molecule has 0 bridgehead atoms. The molecule has 12 aromatic rings.